The summed E-state index contributed by atoms with van der Waals surface area (Å²) in [6, 6.07) is 4.68. The molecule has 0 aliphatic carbocycles. The molecule has 2 N–H and O–H groups in total. The maximum Gasteiger partial charge on any atom is 0.169 e. The molecular formula is C8H10FNOS. The van der Waals surface area contributed by atoms with Gasteiger partial charge in [-0.2, -0.15) is 0 Å². The Labute approximate surface area is 75.0 Å². The van der Waals surface area contributed by atoms with Gasteiger partial charge in [0, 0.05) is 0 Å². The first-order valence-electron chi connectivity index (χ1n) is 3.57. The van der Waals surface area contributed by atoms with Crippen LogP contribution in [0.2, 0.25) is 0 Å². The second-order valence-electron chi connectivity index (χ2n) is 2.12. The van der Waals surface area contributed by atoms with Gasteiger partial charge in [-0.15, -0.1) is 0 Å². The third kappa shape index (κ3) is 1.89. The molecule has 12 heavy (non-hydrogen) atoms. The van der Waals surface area contributed by atoms with Gasteiger partial charge in [-0.3, -0.25) is 5.14 Å². The van der Waals surface area contributed by atoms with Crippen LogP contribution in [-0.4, -0.2) is 6.61 Å². The van der Waals surface area contributed by atoms with E-state index in [0.717, 1.165) is 11.9 Å². The Balaban J connectivity index is 3.02. The Morgan fingerprint density at radius 2 is 2.33 bits per heavy atom. The van der Waals surface area contributed by atoms with Gasteiger partial charge in [0.1, 0.15) is 0 Å². The smallest absolute Gasteiger partial charge is 0.169 e. The summed E-state index contributed by atoms with van der Waals surface area (Å²) in [7, 11) is 0. The van der Waals surface area contributed by atoms with Crippen LogP contribution in [0.15, 0.2) is 23.1 Å². The standard InChI is InChI=1S/C8H10FNOS/c1-2-11-8-6(9)4-3-5-7(8)12-10/h3-5H,2,10H2,1H3. The van der Waals surface area contributed by atoms with Crippen molar-refractivity contribution in [1.29, 1.82) is 0 Å². The molecule has 1 aromatic rings. The molecule has 1 rings (SSSR count). The minimum absolute atomic E-state index is 0.243. The highest BCUT2D eigenvalue weighted by Gasteiger charge is 2.07. The Morgan fingerprint density at radius 1 is 1.58 bits per heavy atom. The third-order valence-electron chi connectivity index (χ3n) is 1.35. The van der Waals surface area contributed by atoms with Crippen molar-refractivity contribution < 1.29 is 9.13 Å². The van der Waals surface area contributed by atoms with Crippen LogP contribution in [0.1, 0.15) is 6.92 Å². The molecule has 0 unspecified atom stereocenters. The van der Waals surface area contributed by atoms with Crippen LogP contribution in [0.5, 0.6) is 5.75 Å². The van der Waals surface area contributed by atoms with Crippen LogP contribution < -0.4 is 9.88 Å². The van der Waals surface area contributed by atoms with Gasteiger partial charge in [0.15, 0.2) is 11.6 Å². The van der Waals surface area contributed by atoms with Crippen LogP contribution in [0, 0.1) is 5.82 Å². The second kappa shape index (κ2) is 4.33. The SMILES string of the molecule is CCOc1c(F)cccc1SN. The van der Waals surface area contributed by atoms with E-state index >= 15 is 0 Å². The Morgan fingerprint density at radius 3 is 2.92 bits per heavy atom. The quantitative estimate of drug-likeness (QED) is 0.737. The molecule has 2 nitrogen and oxygen atoms in total. The summed E-state index contributed by atoms with van der Waals surface area (Å²) in [5.74, 6) is -0.125. The van der Waals surface area contributed by atoms with Crippen LogP contribution >= 0.6 is 11.9 Å². The second-order valence-corrected chi connectivity index (χ2v) is 2.79. The highest BCUT2D eigenvalue weighted by atomic mass is 32.2. The van der Waals surface area contributed by atoms with Crippen molar-refractivity contribution in [2.45, 2.75) is 11.8 Å². The molecule has 4 heteroatoms. The van der Waals surface area contributed by atoms with Gasteiger partial charge in [-0.1, -0.05) is 6.07 Å². The predicted octanol–water partition coefficient (Wildman–Crippen LogP) is 2.19. The molecule has 0 fully saturated rings. The van der Waals surface area contributed by atoms with Gasteiger partial charge in [0.05, 0.1) is 11.5 Å². The van der Waals surface area contributed by atoms with Crippen molar-refractivity contribution in [3.63, 3.8) is 0 Å². The molecule has 0 saturated heterocycles. The fourth-order valence-electron chi connectivity index (χ4n) is 0.866. The molecule has 0 aliphatic rings. The number of nitrogens with two attached hydrogens (primary N) is 1. The normalized spacial score (nSPS) is 9.92. The number of hydrogen-bond donors (Lipinski definition) is 1. The maximum atomic E-state index is 13.0. The van der Waals surface area contributed by atoms with E-state index in [-0.39, 0.29) is 11.6 Å². The number of hydrogen-bond acceptors (Lipinski definition) is 3. The maximum absolute atomic E-state index is 13.0. The zero-order chi connectivity index (χ0) is 8.97. The molecule has 0 heterocycles. The van der Waals surface area contributed by atoms with Gasteiger partial charge < -0.3 is 4.74 Å². The van der Waals surface area contributed by atoms with E-state index in [0.29, 0.717) is 11.5 Å². The van der Waals surface area contributed by atoms with E-state index < -0.39 is 0 Å². The first kappa shape index (κ1) is 9.35. The molecule has 0 radical (unpaired) electrons. The Hall–Kier alpha value is -0.740. The monoisotopic (exact) mass is 187 g/mol. The minimum atomic E-state index is -0.368. The lowest BCUT2D eigenvalue weighted by molar-refractivity contribution is 0.313. The molecule has 0 aliphatic heterocycles. The highest BCUT2D eigenvalue weighted by Crippen LogP contribution is 2.28. The average Bonchev–Trinajstić information content (AvgIpc) is 2.09. The van der Waals surface area contributed by atoms with Crippen molar-refractivity contribution in [3.05, 3.63) is 24.0 Å². The summed E-state index contributed by atoms with van der Waals surface area (Å²) in [5.41, 5.74) is 0. The zero-order valence-electron chi connectivity index (χ0n) is 6.71. The summed E-state index contributed by atoms with van der Waals surface area (Å²) in [6.07, 6.45) is 0. The number of para-hydroxylation sites is 1. The van der Waals surface area contributed by atoms with E-state index in [9.17, 15) is 4.39 Å². The lowest BCUT2D eigenvalue weighted by Gasteiger charge is -2.07. The fraction of sp³-hybridized carbons (Fsp3) is 0.250. The number of halogens is 1. The van der Waals surface area contributed by atoms with E-state index in [1.54, 1.807) is 19.1 Å². The number of benzene rings is 1. The summed E-state index contributed by atoms with van der Waals surface area (Å²) >= 11 is 0.985. The summed E-state index contributed by atoms with van der Waals surface area (Å²) in [5, 5.41) is 5.32. The molecule has 0 aromatic heterocycles. The zero-order valence-corrected chi connectivity index (χ0v) is 7.53. The van der Waals surface area contributed by atoms with Gasteiger partial charge >= 0.3 is 0 Å². The van der Waals surface area contributed by atoms with E-state index in [1.165, 1.54) is 6.07 Å². The van der Waals surface area contributed by atoms with E-state index in [2.05, 4.69) is 0 Å². The number of rotatable bonds is 3. The van der Waals surface area contributed by atoms with Crippen molar-refractivity contribution in [2.75, 3.05) is 6.61 Å². The van der Waals surface area contributed by atoms with Crippen LogP contribution in [-0.2, 0) is 0 Å². The lowest BCUT2D eigenvalue weighted by Crippen LogP contribution is -1.97. The molecular weight excluding hydrogens is 177 g/mol. The minimum Gasteiger partial charge on any atom is -0.490 e. The van der Waals surface area contributed by atoms with Gasteiger partial charge in [0.25, 0.3) is 0 Å². The number of ether oxygens (including phenoxy) is 1. The van der Waals surface area contributed by atoms with Crippen molar-refractivity contribution in [1.82, 2.24) is 0 Å². The molecule has 1 aromatic carbocycles. The fourth-order valence-corrected chi connectivity index (χ4v) is 1.29. The Bertz CT molecular complexity index is 267. The molecule has 0 saturated carbocycles. The molecule has 66 valence electrons. The van der Waals surface area contributed by atoms with Crippen molar-refractivity contribution in [2.24, 2.45) is 5.14 Å². The van der Waals surface area contributed by atoms with Gasteiger partial charge in [-0.05, 0) is 31.0 Å². The predicted molar refractivity (Wildman–Crippen MR) is 47.6 cm³/mol. The van der Waals surface area contributed by atoms with Crippen molar-refractivity contribution in [3.8, 4) is 5.75 Å². The van der Waals surface area contributed by atoms with E-state index in [1.807, 2.05) is 0 Å². The molecule has 0 amide bonds. The van der Waals surface area contributed by atoms with Gasteiger partial charge in [-0.25, -0.2) is 4.39 Å². The summed E-state index contributed by atoms with van der Waals surface area (Å²) < 4.78 is 18.1. The third-order valence-corrected chi connectivity index (χ3v) is 1.92. The first-order chi connectivity index (χ1) is 5.79. The first-order valence-corrected chi connectivity index (χ1v) is 4.45. The largest absolute Gasteiger partial charge is 0.490 e. The average molecular weight is 187 g/mol. The highest BCUT2D eigenvalue weighted by molar-refractivity contribution is 7.97. The summed E-state index contributed by atoms with van der Waals surface area (Å²) in [6.45, 7) is 2.24. The Kier molecular flexibility index (Phi) is 3.37. The van der Waals surface area contributed by atoms with Crippen LogP contribution in [0.25, 0.3) is 0 Å². The summed E-state index contributed by atoms with van der Waals surface area (Å²) in [4.78, 5) is 0.622. The topological polar surface area (TPSA) is 35.2 Å². The van der Waals surface area contributed by atoms with Crippen LogP contribution in [0.3, 0.4) is 0 Å². The lowest BCUT2D eigenvalue weighted by atomic mass is 10.3. The molecule has 0 bridgehead atoms. The van der Waals surface area contributed by atoms with Crippen molar-refractivity contribution >= 4 is 11.9 Å². The molecule has 0 spiro atoms. The van der Waals surface area contributed by atoms with E-state index in [4.69, 9.17) is 9.88 Å². The van der Waals surface area contributed by atoms with Gasteiger partial charge in [0.2, 0.25) is 0 Å². The van der Waals surface area contributed by atoms with Crippen LogP contribution in [0.4, 0.5) is 4.39 Å². The molecule has 0 atom stereocenters.